The zero-order valence-corrected chi connectivity index (χ0v) is 9.69. The molecule has 0 aromatic carbocycles. The molecule has 1 fully saturated rings. The summed E-state index contributed by atoms with van der Waals surface area (Å²) < 4.78 is 0. The van der Waals surface area contributed by atoms with E-state index >= 15 is 0 Å². The minimum Gasteiger partial charge on any atom is -0.394 e. The van der Waals surface area contributed by atoms with Gasteiger partial charge in [-0.1, -0.05) is 6.07 Å². The second-order valence-corrected chi connectivity index (χ2v) is 4.99. The topological polar surface area (TPSA) is 60.8 Å². The van der Waals surface area contributed by atoms with Gasteiger partial charge in [0.1, 0.15) is 0 Å². The molecule has 1 aromatic heterocycles. The normalized spacial score (nSPS) is 22.8. The van der Waals surface area contributed by atoms with E-state index < -0.39 is 6.10 Å². The van der Waals surface area contributed by atoms with Crippen molar-refractivity contribution in [3.05, 3.63) is 22.4 Å². The van der Waals surface area contributed by atoms with Gasteiger partial charge in [0.15, 0.2) is 0 Å². The standard InChI is InChI=1S/C11H15NO3S/c13-7-10(14)9-3-4-11(15)12(9)6-8-2-1-5-16-8/h1-2,5,9-10,13-14H,3-4,6-7H2/t9?,10-/m1/s1. The molecular formula is C11H15NO3S. The molecule has 0 bridgehead atoms. The molecule has 4 nitrogen and oxygen atoms in total. The molecule has 2 rings (SSSR count). The van der Waals surface area contributed by atoms with E-state index in [1.807, 2.05) is 17.5 Å². The number of carbonyl (C=O) groups excluding carboxylic acids is 1. The fourth-order valence-electron chi connectivity index (χ4n) is 2.05. The van der Waals surface area contributed by atoms with Crippen LogP contribution in [0.1, 0.15) is 17.7 Å². The summed E-state index contributed by atoms with van der Waals surface area (Å²) in [6, 6.07) is 3.68. The van der Waals surface area contributed by atoms with Crippen molar-refractivity contribution in [2.24, 2.45) is 0 Å². The van der Waals surface area contributed by atoms with Crippen LogP contribution in [0.2, 0.25) is 0 Å². The molecule has 88 valence electrons. The number of aliphatic hydroxyl groups excluding tert-OH is 2. The molecule has 1 aliphatic rings. The lowest BCUT2D eigenvalue weighted by atomic mass is 10.1. The monoisotopic (exact) mass is 241 g/mol. The molecular weight excluding hydrogens is 226 g/mol. The quantitative estimate of drug-likeness (QED) is 0.811. The van der Waals surface area contributed by atoms with Crippen molar-refractivity contribution in [2.45, 2.75) is 31.5 Å². The van der Waals surface area contributed by atoms with Crippen molar-refractivity contribution in [3.63, 3.8) is 0 Å². The summed E-state index contributed by atoms with van der Waals surface area (Å²) in [6.07, 6.45) is 0.269. The van der Waals surface area contributed by atoms with E-state index in [9.17, 15) is 9.90 Å². The minimum atomic E-state index is -0.827. The molecule has 1 unspecified atom stereocenters. The lowest BCUT2D eigenvalue weighted by Gasteiger charge is -2.27. The molecule has 5 heteroatoms. The maximum absolute atomic E-state index is 11.7. The van der Waals surface area contributed by atoms with E-state index in [2.05, 4.69) is 0 Å². The largest absolute Gasteiger partial charge is 0.394 e. The minimum absolute atomic E-state index is 0.0610. The molecule has 0 spiro atoms. The summed E-state index contributed by atoms with van der Waals surface area (Å²) in [4.78, 5) is 14.4. The second-order valence-electron chi connectivity index (χ2n) is 3.96. The molecule has 0 radical (unpaired) electrons. The molecule has 1 saturated heterocycles. The van der Waals surface area contributed by atoms with Gasteiger partial charge in [-0.15, -0.1) is 11.3 Å². The summed E-state index contributed by atoms with van der Waals surface area (Å²) in [6.45, 7) is 0.247. The molecule has 1 amide bonds. The highest BCUT2D eigenvalue weighted by Gasteiger charge is 2.35. The number of thiophene rings is 1. The first-order chi connectivity index (χ1) is 7.72. The van der Waals surface area contributed by atoms with Crippen LogP contribution >= 0.6 is 11.3 Å². The van der Waals surface area contributed by atoms with Gasteiger partial charge in [-0.2, -0.15) is 0 Å². The maximum atomic E-state index is 11.7. The number of aliphatic hydroxyl groups is 2. The van der Waals surface area contributed by atoms with Gasteiger partial charge >= 0.3 is 0 Å². The molecule has 0 saturated carbocycles. The van der Waals surface area contributed by atoms with Gasteiger partial charge in [0.05, 0.1) is 25.3 Å². The fraction of sp³-hybridized carbons (Fsp3) is 0.545. The van der Waals surface area contributed by atoms with Gasteiger partial charge in [0.2, 0.25) is 5.91 Å². The van der Waals surface area contributed by atoms with Crippen LogP contribution in [0.3, 0.4) is 0 Å². The summed E-state index contributed by atoms with van der Waals surface area (Å²) in [5, 5.41) is 20.5. The van der Waals surface area contributed by atoms with Gasteiger partial charge in [-0.3, -0.25) is 4.79 Å². The first-order valence-corrected chi connectivity index (χ1v) is 6.21. The summed E-state index contributed by atoms with van der Waals surface area (Å²) >= 11 is 1.60. The molecule has 1 aliphatic heterocycles. The number of hydrogen-bond acceptors (Lipinski definition) is 4. The number of nitrogens with zero attached hydrogens (tertiary/aromatic N) is 1. The summed E-state index contributed by atoms with van der Waals surface area (Å²) in [5.41, 5.74) is 0. The van der Waals surface area contributed by atoms with Gasteiger partial charge < -0.3 is 15.1 Å². The Morgan fingerprint density at radius 2 is 2.44 bits per heavy atom. The van der Waals surface area contributed by atoms with Crippen molar-refractivity contribution in [1.29, 1.82) is 0 Å². The van der Waals surface area contributed by atoms with Crippen LogP contribution in [0.15, 0.2) is 17.5 Å². The maximum Gasteiger partial charge on any atom is 0.223 e. The highest BCUT2D eigenvalue weighted by atomic mass is 32.1. The Kier molecular flexibility index (Phi) is 3.58. The van der Waals surface area contributed by atoms with E-state index in [4.69, 9.17) is 5.11 Å². The summed E-state index contributed by atoms with van der Waals surface area (Å²) in [7, 11) is 0. The Morgan fingerprint density at radius 1 is 1.62 bits per heavy atom. The zero-order chi connectivity index (χ0) is 11.5. The Labute approximate surface area is 98.1 Å². The smallest absolute Gasteiger partial charge is 0.223 e. The predicted octanol–water partition coefficient (Wildman–Crippen LogP) is 0.592. The third-order valence-electron chi connectivity index (χ3n) is 2.91. The number of amides is 1. The number of rotatable bonds is 4. The highest BCUT2D eigenvalue weighted by molar-refractivity contribution is 7.09. The average Bonchev–Trinajstić information content (AvgIpc) is 2.90. The molecule has 1 aromatic rings. The summed E-state index contributed by atoms with van der Waals surface area (Å²) in [5.74, 6) is 0.0610. The van der Waals surface area contributed by atoms with Crippen molar-refractivity contribution in [2.75, 3.05) is 6.61 Å². The van der Waals surface area contributed by atoms with Crippen LogP contribution in [0.25, 0.3) is 0 Å². The Hall–Kier alpha value is -0.910. The first kappa shape index (κ1) is 11.6. The molecule has 0 aliphatic carbocycles. The Balaban J connectivity index is 2.07. The van der Waals surface area contributed by atoms with Crippen molar-refractivity contribution in [3.8, 4) is 0 Å². The van der Waals surface area contributed by atoms with Crippen molar-refractivity contribution in [1.82, 2.24) is 4.90 Å². The Morgan fingerprint density at radius 3 is 3.06 bits per heavy atom. The molecule has 2 heterocycles. The van der Waals surface area contributed by atoms with Crippen molar-refractivity contribution >= 4 is 17.2 Å². The van der Waals surface area contributed by atoms with Crippen LogP contribution in [0.4, 0.5) is 0 Å². The third kappa shape index (κ3) is 2.26. The van der Waals surface area contributed by atoms with Gasteiger partial charge in [-0.25, -0.2) is 0 Å². The molecule has 2 N–H and O–H groups in total. The van der Waals surface area contributed by atoms with E-state index in [0.717, 1.165) is 4.88 Å². The zero-order valence-electron chi connectivity index (χ0n) is 8.87. The number of carbonyl (C=O) groups is 1. The fourth-order valence-corrected chi connectivity index (χ4v) is 2.76. The van der Waals surface area contributed by atoms with Crippen LogP contribution in [-0.4, -0.2) is 39.8 Å². The van der Waals surface area contributed by atoms with E-state index in [1.54, 1.807) is 16.2 Å². The van der Waals surface area contributed by atoms with Gasteiger partial charge in [0.25, 0.3) is 0 Å². The average molecular weight is 241 g/mol. The number of hydrogen-bond donors (Lipinski definition) is 2. The third-order valence-corrected chi connectivity index (χ3v) is 3.77. The second kappa shape index (κ2) is 4.95. The predicted molar refractivity (Wildman–Crippen MR) is 61.0 cm³/mol. The first-order valence-electron chi connectivity index (χ1n) is 5.33. The molecule has 2 atom stereocenters. The van der Waals surface area contributed by atoms with Gasteiger partial charge in [0, 0.05) is 11.3 Å². The SMILES string of the molecule is O=C1CCC([C@H](O)CO)N1Cc1cccs1. The van der Waals surface area contributed by atoms with Crippen molar-refractivity contribution < 1.29 is 15.0 Å². The highest BCUT2D eigenvalue weighted by Crippen LogP contribution is 2.25. The van der Waals surface area contributed by atoms with Gasteiger partial charge in [-0.05, 0) is 17.9 Å². The Bertz CT molecular complexity index is 352. The lowest BCUT2D eigenvalue weighted by molar-refractivity contribution is -0.131. The lowest BCUT2D eigenvalue weighted by Crippen LogP contribution is -2.42. The molecule has 16 heavy (non-hydrogen) atoms. The van der Waals surface area contributed by atoms with Crippen LogP contribution in [0.5, 0.6) is 0 Å². The van der Waals surface area contributed by atoms with E-state index in [-0.39, 0.29) is 18.6 Å². The number of likely N-dealkylation sites (tertiary alicyclic amines) is 1. The van der Waals surface area contributed by atoms with Crippen LogP contribution in [-0.2, 0) is 11.3 Å². The van der Waals surface area contributed by atoms with Crippen LogP contribution < -0.4 is 0 Å². The van der Waals surface area contributed by atoms with E-state index in [1.165, 1.54) is 0 Å². The van der Waals surface area contributed by atoms with E-state index in [0.29, 0.717) is 19.4 Å². The van der Waals surface area contributed by atoms with Crippen LogP contribution in [0, 0.1) is 0 Å².